The zero-order valence-electron chi connectivity index (χ0n) is 26.2. The Morgan fingerprint density at radius 3 is 1.31 bits per heavy atom. The summed E-state index contributed by atoms with van der Waals surface area (Å²) in [6, 6.07) is 66.2. The van der Waals surface area contributed by atoms with E-state index in [0.717, 1.165) is 11.4 Å². The van der Waals surface area contributed by atoms with Gasteiger partial charge < -0.3 is 9.13 Å². The smallest absolute Gasteiger partial charge is 0.0788 e. The average Bonchev–Trinajstić information content (AvgIpc) is 3.68. The second kappa shape index (κ2) is 10.6. The van der Waals surface area contributed by atoms with E-state index in [-0.39, 0.29) is 0 Å². The minimum absolute atomic E-state index is 1.15. The Morgan fingerprint density at radius 2 is 0.708 bits per heavy atom. The molecule has 10 rings (SSSR count). The normalized spacial score (nSPS) is 11.8. The van der Waals surface area contributed by atoms with Crippen molar-refractivity contribution in [2.45, 2.75) is 0 Å². The van der Waals surface area contributed by atoms with Crippen molar-refractivity contribution in [1.29, 1.82) is 0 Å². The molecule has 0 bridgehead atoms. The van der Waals surface area contributed by atoms with Gasteiger partial charge in [-0.2, -0.15) is 0 Å². The molecular weight excluding hydrogens is 581 g/mol. The van der Waals surface area contributed by atoms with Crippen LogP contribution >= 0.6 is 0 Å². The summed E-state index contributed by atoms with van der Waals surface area (Å²) < 4.78 is 4.89. The Balaban J connectivity index is 1.13. The molecule has 0 aliphatic carbocycles. The fourth-order valence-electron chi connectivity index (χ4n) is 7.64. The molecular formula is C46H30N2. The summed E-state index contributed by atoms with van der Waals surface area (Å²) >= 11 is 0. The lowest BCUT2D eigenvalue weighted by Gasteiger charge is -2.13. The second-order valence-electron chi connectivity index (χ2n) is 12.6. The van der Waals surface area contributed by atoms with E-state index in [2.05, 4.69) is 191 Å². The quantitative estimate of drug-likeness (QED) is 0.188. The topological polar surface area (TPSA) is 9.86 Å². The van der Waals surface area contributed by atoms with Crippen LogP contribution in [0.1, 0.15) is 0 Å². The Bertz CT molecular complexity index is 2800. The maximum atomic E-state index is 2.46. The monoisotopic (exact) mass is 610 g/mol. The van der Waals surface area contributed by atoms with Crippen LogP contribution in [0.5, 0.6) is 0 Å². The number of fused-ring (bicyclic) bond motifs is 8. The molecule has 0 atom stereocenters. The van der Waals surface area contributed by atoms with Crippen molar-refractivity contribution in [3.63, 3.8) is 0 Å². The Hall–Kier alpha value is -6.38. The van der Waals surface area contributed by atoms with Gasteiger partial charge in [0.2, 0.25) is 0 Å². The van der Waals surface area contributed by atoms with E-state index in [1.807, 2.05) is 0 Å². The first kappa shape index (κ1) is 26.8. The molecule has 10 aromatic rings. The van der Waals surface area contributed by atoms with Gasteiger partial charge in [0.25, 0.3) is 0 Å². The molecule has 2 nitrogen and oxygen atoms in total. The minimum Gasteiger partial charge on any atom is -0.307 e. The molecule has 0 fully saturated rings. The number of benzene rings is 8. The van der Waals surface area contributed by atoms with Crippen molar-refractivity contribution in [2.24, 2.45) is 0 Å². The fourth-order valence-corrected chi connectivity index (χ4v) is 7.64. The molecule has 0 aliphatic heterocycles. The first-order valence-electron chi connectivity index (χ1n) is 16.5. The Kier molecular flexibility index (Phi) is 5.91. The highest BCUT2D eigenvalue weighted by atomic mass is 15.0. The number of nitrogens with zero attached hydrogens (tertiary/aromatic N) is 2. The Labute approximate surface area is 278 Å². The maximum Gasteiger partial charge on any atom is 0.0788 e. The van der Waals surface area contributed by atoms with Gasteiger partial charge >= 0.3 is 0 Å². The summed E-state index contributed by atoms with van der Waals surface area (Å²) in [5, 5.41) is 7.57. The van der Waals surface area contributed by atoms with Crippen molar-refractivity contribution in [2.75, 3.05) is 0 Å². The van der Waals surface area contributed by atoms with Gasteiger partial charge in [-0.05, 0) is 75.5 Å². The number of hydrogen-bond acceptors (Lipinski definition) is 0. The van der Waals surface area contributed by atoms with E-state index >= 15 is 0 Å². The molecule has 0 spiro atoms. The molecule has 0 N–H and O–H groups in total. The lowest BCUT2D eigenvalue weighted by atomic mass is 9.98. The molecule has 0 radical (unpaired) electrons. The van der Waals surface area contributed by atoms with Gasteiger partial charge in [-0.3, -0.25) is 0 Å². The Morgan fingerprint density at radius 1 is 0.271 bits per heavy atom. The molecule has 0 unspecified atom stereocenters. The van der Waals surface area contributed by atoms with E-state index in [4.69, 9.17) is 0 Å². The van der Waals surface area contributed by atoms with Gasteiger partial charge in [-0.25, -0.2) is 0 Å². The van der Waals surface area contributed by atoms with Crippen LogP contribution in [0.25, 0.3) is 88.0 Å². The highest BCUT2D eigenvalue weighted by Crippen LogP contribution is 2.41. The summed E-state index contributed by atoms with van der Waals surface area (Å²) in [4.78, 5) is 0. The van der Waals surface area contributed by atoms with Crippen LogP contribution in [-0.4, -0.2) is 9.13 Å². The number of para-hydroxylation sites is 3. The van der Waals surface area contributed by atoms with E-state index in [1.54, 1.807) is 0 Å². The van der Waals surface area contributed by atoms with Gasteiger partial charge in [0.05, 0.1) is 22.1 Å². The SMILES string of the molecule is c1ccc(-n2c3ccccc3c3ccc4c5ccccc5n(-c5ccc(-c6ccc(-c7ccc8ccccc8c7)cc6)cc5)c4c32)cc1. The summed E-state index contributed by atoms with van der Waals surface area (Å²) in [5.41, 5.74) is 12.1. The highest BCUT2D eigenvalue weighted by molar-refractivity contribution is 6.23. The van der Waals surface area contributed by atoms with Crippen molar-refractivity contribution in [3.8, 4) is 33.6 Å². The number of hydrogen-bond donors (Lipinski definition) is 0. The zero-order valence-corrected chi connectivity index (χ0v) is 26.2. The van der Waals surface area contributed by atoms with Gasteiger partial charge in [-0.1, -0.05) is 140 Å². The van der Waals surface area contributed by atoms with Crippen molar-refractivity contribution in [1.82, 2.24) is 9.13 Å². The van der Waals surface area contributed by atoms with Crippen LogP contribution < -0.4 is 0 Å². The molecule has 2 aromatic heterocycles. The molecule has 0 saturated heterocycles. The molecule has 0 amide bonds. The van der Waals surface area contributed by atoms with E-state index in [9.17, 15) is 0 Å². The molecule has 2 heteroatoms. The highest BCUT2D eigenvalue weighted by Gasteiger charge is 2.20. The van der Waals surface area contributed by atoms with Crippen LogP contribution in [0, 0.1) is 0 Å². The molecule has 2 heterocycles. The van der Waals surface area contributed by atoms with Crippen LogP contribution in [0.15, 0.2) is 182 Å². The van der Waals surface area contributed by atoms with Crippen molar-refractivity contribution >= 4 is 54.4 Å². The molecule has 224 valence electrons. The zero-order chi connectivity index (χ0) is 31.6. The first-order valence-corrected chi connectivity index (χ1v) is 16.5. The summed E-state index contributed by atoms with van der Waals surface area (Å²) in [6.45, 7) is 0. The summed E-state index contributed by atoms with van der Waals surface area (Å²) in [5.74, 6) is 0. The molecule has 0 aliphatic rings. The predicted molar refractivity (Wildman–Crippen MR) is 203 cm³/mol. The van der Waals surface area contributed by atoms with E-state index < -0.39 is 0 Å². The van der Waals surface area contributed by atoms with Gasteiger partial charge in [0, 0.05) is 32.9 Å². The third kappa shape index (κ3) is 4.06. The summed E-state index contributed by atoms with van der Waals surface area (Å²) in [7, 11) is 0. The average molecular weight is 611 g/mol. The lowest BCUT2D eigenvalue weighted by molar-refractivity contribution is 1.15. The van der Waals surface area contributed by atoms with Gasteiger partial charge in [0.15, 0.2) is 0 Å². The van der Waals surface area contributed by atoms with Crippen LogP contribution in [0.3, 0.4) is 0 Å². The third-order valence-electron chi connectivity index (χ3n) is 9.91. The van der Waals surface area contributed by atoms with Crippen LogP contribution in [0.2, 0.25) is 0 Å². The standard InChI is InChI=1S/C46H30N2/c1-2-12-37(13-3-1)47-43-16-8-6-14-39(43)41-28-29-42-40-15-7-9-17-44(40)48(46(42)45(41)47)38-26-24-33(25-27-38)32-18-20-34(21-19-32)36-23-22-31-10-4-5-11-35(31)30-36/h1-30H. The second-order valence-corrected chi connectivity index (χ2v) is 12.6. The summed E-state index contributed by atoms with van der Waals surface area (Å²) in [6.07, 6.45) is 0. The molecule has 0 saturated carbocycles. The lowest BCUT2D eigenvalue weighted by Crippen LogP contribution is -1.98. The molecule has 48 heavy (non-hydrogen) atoms. The van der Waals surface area contributed by atoms with Crippen molar-refractivity contribution in [3.05, 3.63) is 182 Å². The largest absolute Gasteiger partial charge is 0.307 e. The molecule has 8 aromatic carbocycles. The van der Waals surface area contributed by atoms with Crippen molar-refractivity contribution < 1.29 is 0 Å². The van der Waals surface area contributed by atoms with Gasteiger partial charge in [0.1, 0.15) is 0 Å². The van der Waals surface area contributed by atoms with Crippen LogP contribution in [-0.2, 0) is 0 Å². The number of aromatic nitrogens is 2. The van der Waals surface area contributed by atoms with E-state index in [1.165, 1.54) is 76.6 Å². The first-order chi connectivity index (χ1) is 23.8. The number of rotatable bonds is 4. The predicted octanol–water partition coefficient (Wildman–Crippen LogP) is 12.4. The van der Waals surface area contributed by atoms with E-state index in [0.29, 0.717) is 0 Å². The maximum absolute atomic E-state index is 2.46. The third-order valence-corrected chi connectivity index (χ3v) is 9.91. The van der Waals surface area contributed by atoms with Crippen LogP contribution in [0.4, 0.5) is 0 Å². The fraction of sp³-hybridized carbons (Fsp3) is 0. The minimum atomic E-state index is 1.15. The van der Waals surface area contributed by atoms with Gasteiger partial charge in [-0.15, -0.1) is 0 Å².